The Kier molecular flexibility index (Phi) is 7.22. The largest absolute Gasteiger partial charge is 0.496 e. The third-order valence-electron chi connectivity index (χ3n) is 7.31. The molecule has 36 heavy (non-hydrogen) atoms. The number of hydrogen-bond acceptors (Lipinski definition) is 5. The molecule has 0 amide bonds. The van der Waals surface area contributed by atoms with E-state index in [2.05, 4.69) is 33.9 Å². The molecule has 1 saturated heterocycles. The molecule has 1 aliphatic heterocycles. The molecule has 2 aliphatic rings. The Balaban J connectivity index is 0.000000214. The molecule has 2 N–H and O–H groups in total. The summed E-state index contributed by atoms with van der Waals surface area (Å²) < 4.78 is 32.1. The van der Waals surface area contributed by atoms with E-state index in [1.807, 2.05) is 20.3 Å². The molecule has 1 aromatic carbocycles. The lowest BCUT2D eigenvalue weighted by atomic mass is 9.61. The number of benzene rings is 1. The topological polar surface area (TPSA) is 81.7 Å². The van der Waals surface area contributed by atoms with Crippen molar-refractivity contribution in [1.29, 1.82) is 0 Å². The number of anilines is 1. The summed E-state index contributed by atoms with van der Waals surface area (Å²) in [6.07, 6.45) is 3.90. The van der Waals surface area contributed by atoms with Crippen molar-refractivity contribution in [2.75, 3.05) is 39.2 Å². The maximum absolute atomic E-state index is 13.3. The number of alkyl halides is 2. The number of piperidine rings is 1. The molecule has 2 aromatic heterocycles. The molecule has 0 radical (unpaired) electrons. The Hall–Kier alpha value is -3.20. The number of hydrogen-bond donors (Lipinski definition) is 2. The number of aromatic amines is 1. The van der Waals surface area contributed by atoms with Crippen molar-refractivity contribution in [3.63, 3.8) is 0 Å². The Morgan fingerprint density at radius 3 is 2.50 bits per heavy atom. The smallest absolute Gasteiger partial charge is 0.354 e. The number of likely N-dealkylation sites (tertiary alicyclic amines) is 1. The molecule has 194 valence electrons. The summed E-state index contributed by atoms with van der Waals surface area (Å²) in [6.45, 7) is 4.66. The minimum absolute atomic E-state index is 0.0706. The summed E-state index contributed by atoms with van der Waals surface area (Å²) in [7, 11) is 5.33. The molecule has 1 saturated carbocycles. The number of H-pyrrole nitrogens is 1. The molecule has 0 atom stereocenters. The van der Waals surface area contributed by atoms with Gasteiger partial charge in [-0.3, -0.25) is 4.90 Å². The lowest BCUT2D eigenvalue weighted by molar-refractivity contribution is -0.178. The number of pyridine rings is 1. The number of carboxylic acids is 1. The minimum atomic E-state index is -2.42. The van der Waals surface area contributed by atoms with Crippen LogP contribution in [0.3, 0.4) is 0 Å². The lowest BCUT2D eigenvalue weighted by Gasteiger charge is -2.51. The van der Waals surface area contributed by atoms with Gasteiger partial charge in [-0.05, 0) is 68.1 Å². The first-order chi connectivity index (χ1) is 17.0. The average molecular weight is 501 g/mol. The van der Waals surface area contributed by atoms with Crippen LogP contribution in [0.1, 0.15) is 47.3 Å². The number of aromatic nitrogens is 2. The fourth-order valence-electron chi connectivity index (χ4n) is 5.38. The highest BCUT2D eigenvalue weighted by Gasteiger charge is 2.56. The van der Waals surface area contributed by atoms with Crippen molar-refractivity contribution in [2.24, 2.45) is 5.41 Å². The van der Waals surface area contributed by atoms with Crippen molar-refractivity contribution in [2.45, 2.75) is 45.1 Å². The van der Waals surface area contributed by atoms with Crippen LogP contribution in [0.5, 0.6) is 5.75 Å². The lowest BCUT2D eigenvalue weighted by Crippen LogP contribution is -2.52. The molecule has 0 unspecified atom stereocenters. The molecule has 9 heteroatoms. The third kappa shape index (κ3) is 5.46. The van der Waals surface area contributed by atoms with Crippen LogP contribution in [0.15, 0.2) is 36.5 Å². The van der Waals surface area contributed by atoms with E-state index in [1.54, 1.807) is 24.1 Å². The summed E-state index contributed by atoms with van der Waals surface area (Å²) in [5.74, 6) is -1.86. The van der Waals surface area contributed by atoms with Crippen LogP contribution >= 0.6 is 0 Å². The van der Waals surface area contributed by atoms with Gasteiger partial charge in [0.2, 0.25) is 5.92 Å². The van der Waals surface area contributed by atoms with Crippen LogP contribution in [0.2, 0.25) is 0 Å². The van der Waals surface area contributed by atoms with E-state index < -0.39 is 11.9 Å². The second-order valence-electron chi connectivity index (χ2n) is 10.2. The first kappa shape index (κ1) is 25.9. The molecule has 1 spiro atoms. The van der Waals surface area contributed by atoms with E-state index in [-0.39, 0.29) is 24.0 Å². The number of ether oxygens (including phenoxy) is 1. The number of nitrogens with zero attached hydrogens (tertiary/aromatic N) is 3. The van der Waals surface area contributed by atoms with Crippen molar-refractivity contribution in [3.05, 3.63) is 53.3 Å². The predicted octanol–water partition coefficient (Wildman–Crippen LogP) is 5.34. The van der Waals surface area contributed by atoms with Gasteiger partial charge >= 0.3 is 5.97 Å². The maximum Gasteiger partial charge on any atom is 0.354 e. The van der Waals surface area contributed by atoms with Gasteiger partial charge < -0.3 is 19.7 Å². The second kappa shape index (κ2) is 10.0. The van der Waals surface area contributed by atoms with Crippen LogP contribution in [0.25, 0.3) is 10.9 Å². The average Bonchev–Trinajstić information content (AvgIpc) is 3.32. The van der Waals surface area contributed by atoms with Crippen molar-refractivity contribution in [1.82, 2.24) is 14.9 Å². The van der Waals surface area contributed by atoms with Crippen LogP contribution < -0.4 is 9.64 Å². The first-order valence-corrected chi connectivity index (χ1v) is 12.1. The number of carbonyl (C=O) groups is 1. The van der Waals surface area contributed by atoms with E-state index >= 15 is 0 Å². The van der Waals surface area contributed by atoms with E-state index in [9.17, 15) is 13.6 Å². The Morgan fingerprint density at radius 2 is 1.92 bits per heavy atom. The molecule has 1 aliphatic carbocycles. The first-order valence-electron chi connectivity index (χ1n) is 12.1. The van der Waals surface area contributed by atoms with Gasteiger partial charge in [-0.15, -0.1) is 0 Å². The standard InChI is InChI=1S/C19H24F2N2O.C8H10N2O2/c1-13-9-16(24-2)15(14-3-6-22-17(13)14)10-23-7-4-18(5-8-23)11-19(20,21)12-18;1-10(2)7-5-3-4-6(9-7)8(11)12/h3,6,9,22H,4-5,7-8,10-12H2,1-2H3;3-5H,1-2H3,(H,11,12). The van der Waals surface area contributed by atoms with Gasteiger partial charge in [-0.1, -0.05) is 6.07 Å². The zero-order chi connectivity index (χ0) is 26.1. The van der Waals surface area contributed by atoms with Crippen molar-refractivity contribution in [3.8, 4) is 5.75 Å². The van der Waals surface area contributed by atoms with E-state index in [0.29, 0.717) is 5.82 Å². The molecule has 3 aromatic rings. The molecule has 0 bridgehead atoms. The Bertz CT molecular complexity index is 1220. The zero-order valence-electron chi connectivity index (χ0n) is 21.3. The van der Waals surface area contributed by atoms with Crippen molar-refractivity contribution >= 4 is 22.7 Å². The highest BCUT2D eigenvalue weighted by Crippen LogP contribution is 2.57. The minimum Gasteiger partial charge on any atom is -0.496 e. The van der Waals surface area contributed by atoms with Crippen LogP contribution in [0, 0.1) is 12.3 Å². The molecule has 2 fully saturated rings. The maximum atomic E-state index is 13.3. The Labute approximate surface area is 210 Å². The molecule has 3 heterocycles. The summed E-state index contributed by atoms with van der Waals surface area (Å²) in [4.78, 5) is 21.8. The number of rotatable bonds is 5. The monoisotopic (exact) mass is 500 g/mol. The summed E-state index contributed by atoms with van der Waals surface area (Å²) >= 11 is 0. The third-order valence-corrected chi connectivity index (χ3v) is 7.31. The highest BCUT2D eigenvalue weighted by atomic mass is 19.3. The number of methoxy groups -OCH3 is 1. The van der Waals surface area contributed by atoms with Gasteiger partial charge in [0.25, 0.3) is 0 Å². The van der Waals surface area contributed by atoms with E-state index in [4.69, 9.17) is 9.84 Å². The second-order valence-corrected chi connectivity index (χ2v) is 10.2. The van der Waals surface area contributed by atoms with E-state index in [0.717, 1.165) is 43.7 Å². The van der Waals surface area contributed by atoms with Gasteiger partial charge in [0.15, 0.2) is 5.69 Å². The van der Waals surface area contributed by atoms with Gasteiger partial charge in [0, 0.05) is 56.1 Å². The number of carboxylic acid groups (broad SMARTS) is 1. The summed E-state index contributed by atoms with van der Waals surface area (Å²) in [6, 6.07) is 9.07. The quantitative estimate of drug-likeness (QED) is 0.492. The zero-order valence-corrected chi connectivity index (χ0v) is 21.3. The molecular formula is C27H34F2N4O3. The molecular weight excluding hydrogens is 466 g/mol. The number of halogens is 2. The normalized spacial score (nSPS) is 18.3. The fourth-order valence-corrected chi connectivity index (χ4v) is 5.38. The number of aromatic carboxylic acids is 1. The SMILES string of the molecule is CN(C)c1cccc(C(=O)O)n1.COc1cc(C)c2[nH]ccc2c1CN1CCC2(CC1)CC(F)(F)C2. The van der Waals surface area contributed by atoms with Crippen LogP contribution in [-0.4, -0.2) is 66.2 Å². The highest BCUT2D eigenvalue weighted by molar-refractivity contribution is 5.88. The fraction of sp³-hybridized carbons (Fsp3) is 0.481. The van der Waals surface area contributed by atoms with Gasteiger partial charge in [0.05, 0.1) is 7.11 Å². The van der Waals surface area contributed by atoms with Crippen LogP contribution in [-0.2, 0) is 6.54 Å². The Morgan fingerprint density at radius 1 is 1.22 bits per heavy atom. The van der Waals surface area contributed by atoms with Crippen molar-refractivity contribution < 1.29 is 23.4 Å². The number of aryl methyl sites for hydroxylation is 1. The number of fused-ring (bicyclic) bond motifs is 1. The number of nitrogens with one attached hydrogen (secondary N) is 1. The predicted molar refractivity (Wildman–Crippen MR) is 136 cm³/mol. The van der Waals surface area contributed by atoms with Gasteiger partial charge in [-0.25, -0.2) is 18.6 Å². The summed E-state index contributed by atoms with van der Waals surface area (Å²) in [5, 5.41) is 9.81. The molecule has 5 rings (SSSR count). The summed E-state index contributed by atoms with van der Waals surface area (Å²) in [5.41, 5.74) is 3.49. The van der Waals surface area contributed by atoms with E-state index in [1.165, 1.54) is 22.6 Å². The molecule has 7 nitrogen and oxygen atoms in total. The van der Waals surface area contributed by atoms with Gasteiger partial charge in [-0.2, -0.15) is 0 Å². The van der Waals surface area contributed by atoms with Crippen LogP contribution in [0.4, 0.5) is 14.6 Å². The van der Waals surface area contributed by atoms with Gasteiger partial charge in [0.1, 0.15) is 11.6 Å².